The smallest absolute Gasteiger partial charge is 0.253 e. The van der Waals surface area contributed by atoms with Crippen LogP contribution in [0.2, 0.25) is 0 Å². The molecule has 0 saturated heterocycles. The van der Waals surface area contributed by atoms with Crippen molar-refractivity contribution in [2.45, 2.75) is 31.2 Å². The molecule has 0 heterocycles. The van der Waals surface area contributed by atoms with E-state index < -0.39 is 5.54 Å². The van der Waals surface area contributed by atoms with Crippen LogP contribution in [0.4, 0.5) is 0 Å². The highest BCUT2D eigenvalue weighted by Gasteiger charge is 2.35. The van der Waals surface area contributed by atoms with Crippen LogP contribution < -0.4 is 10.1 Å². The largest absolute Gasteiger partial charge is 0.497 e. The first-order chi connectivity index (χ1) is 9.10. The number of nitrogens with zero attached hydrogens (tertiary/aromatic N) is 1. The molecule has 19 heavy (non-hydrogen) atoms. The zero-order valence-corrected chi connectivity index (χ0v) is 12.3. The number of nitrogens with one attached hydrogen (secondary N) is 1. The standard InChI is InChI=1S/C14H15BrN2O2/c1-19-10-4-5-12(15)11(8-10)13(18)17-14(9-16)6-2-3-7-14/h4-5,8H,2-3,6-7H2,1H3,(H,17,18). The van der Waals surface area contributed by atoms with E-state index in [2.05, 4.69) is 27.3 Å². The molecule has 0 bridgehead atoms. The molecule has 2 rings (SSSR count). The van der Waals surface area contributed by atoms with Gasteiger partial charge in [0.1, 0.15) is 11.3 Å². The highest BCUT2D eigenvalue weighted by Crippen LogP contribution is 2.30. The number of hydrogen-bond acceptors (Lipinski definition) is 3. The topological polar surface area (TPSA) is 62.1 Å². The molecule has 1 fully saturated rings. The third-order valence-electron chi connectivity index (χ3n) is 3.44. The van der Waals surface area contributed by atoms with Gasteiger partial charge in [0, 0.05) is 4.47 Å². The summed E-state index contributed by atoms with van der Waals surface area (Å²) < 4.78 is 5.81. The summed E-state index contributed by atoms with van der Waals surface area (Å²) in [6, 6.07) is 7.45. The summed E-state index contributed by atoms with van der Waals surface area (Å²) in [4.78, 5) is 12.3. The number of halogens is 1. The fourth-order valence-electron chi connectivity index (χ4n) is 2.33. The third-order valence-corrected chi connectivity index (χ3v) is 4.13. The van der Waals surface area contributed by atoms with E-state index in [4.69, 9.17) is 4.74 Å². The molecule has 1 aliphatic rings. The maximum Gasteiger partial charge on any atom is 0.253 e. The van der Waals surface area contributed by atoms with Gasteiger partial charge >= 0.3 is 0 Å². The maximum atomic E-state index is 12.3. The molecule has 1 aromatic carbocycles. The number of rotatable bonds is 3. The molecule has 0 atom stereocenters. The summed E-state index contributed by atoms with van der Waals surface area (Å²) in [5.74, 6) is 0.375. The van der Waals surface area contributed by atoms with Gasteiger partial charge in [-0.25, -0.2) is 0 Å². The van der Waals surface area contributed by atoms with Crippen molar-refractivity contribution >= 4 is 21.8 Å². The lowest BCUT2D eigenvalue weighted by atomic mass is 9.99. The van der Waals surface area contributed by atoms with E-state index in [9.17, 15) is 10.1 Å². The summed E-state index contributed by atoms with van der Waals surface area (Å²) in [5, 5.41) is 12.1. The molecule has 0 aliphatic heterocycles. The number of benzene rings is 1. The Morgan fingerprint density at radius 2 is 2.16 bits per heavy atom. The van der Waals surface area contributed by atoms with E-state index in [1.807, 2.05) is 0 Å². The Morgan fingerprint density at radius 3 is 2.74 bits per heavy atom. The molecule has 0 spiro atoms. The van der Waals surface area contributed by atoms with Gasteiger partial charge in [0.2, 0.25) is 0 Å². The van der Waals surface area contributed by atoms with E-state index in [1.54, 1.807) is 25.3 Å². The molecule has 1 aromatic rings. The van der Waals surface area contributed by atoms with Crippen molar-refractivity contribution in [3.63, 3.8) is 0 Å². The number of hydrogen-bond donors (Lipinski definition) is 1. The Bertz CT molecular complexity index is 531. The lowest BCUT2D eigenvalue weighted by Gasteiger charge is -2.22. The van der Waals surface area contributed by atoms with Gasteiger partial charge in [-0.2, -0.15) is 5.26 Å². The average Bonchev–Trinajstić information content (AvgIpc) is 2.88. The zero-order valence-electron chi connectivity index (χ0n) is 10.7. The minimum atomic E-state index is -0.709. The lowest BCUT2D eigenvalue weighted by molar-refractivity contribution is 0.0919. The molecule has 0 unspecified atom stereocenters. The molecule has 5 heteroatoms. The van der Waals surface area contributed by atoms with Crippen molar-refractivity contribution in [3.8, 4) is 11.8 Å². The minimum Gasteiger partial charge on any atom is -0.497 e. The van der Waals surface area contributed by atoms with Gasteiger partial charge in [0.05, 0.1) is 18.7 Å². The molecule has 0 aromatic heterocycles. The van der Waals surface area contributed by atoms with Gasteiger partial charge in [-0.05, 0) is 59.8 Å². The van der Waals surface area contributed by atoms with Crippen molar-refractivity contribution in [1.82, 2.24) is 5.32 Å². The van der Waals surface area contributed by atoms with Gasteiger partial charge in [-0.1, -0.05) is 0 Å². The van der Waals surface area contributed by atoms with E-state index in [0.717, 1.165) is 25.7 Å². The summed E-state index contributed by atoms with van der Waals surface area (Å²) in [5.41, 5.74) is -0.222. The summed E-state index contributed by atoms with van der Waals surface area (Å²) in [7, 11) is 1.55. The van der Waals surface area contributed by atoms with Crippen molar-refractivity contribution in [3.05, 3.63) is 28.2 Å². The quantitative estimate of drug-likeness (QED) is 0.930. The Kier molecular flexibility index (Phi) is 4.11. The number of methoxy groups -OCH3 is 1. The molecule has 1 amide bonds. The average molecular weight is 323 g/mol. The van der Waals surface area contributed by atoms with Gasteiger partial charge in [-0.3, -0.25) is 4.79 Å². The second-order valence-electron chi connectivity index (χ2n) is 4.70. The van der Waals surface area contributed by atoms with Crippen molar-refractivity contribution in [1.29, 1.82) is 5.26 Å². The Hall–Kier alpha value is -1.54. The molecule has 1 saturated carbocycles. The first kappa shape index (κ1) is 13.9. The summed E-state index contributed by atoms with van der Waals surface area (Å²) in [6.07, 6.45) is 3.40. The van der Waals surface area contributed by atoms with Gasteiger partial charge < -0.3 is 10.1 Å². The summed E-state index contributed by atoms with van der Waals surface area (Å²) >= 11 is 3.35. The number of carbonyl (C=O) groups is 1. The van der Waals surface area contributed by atoms with E-state index in [1.165, 1.54) is 0 Å². The summed E-state index contributed by atoms with van der Waals surface area (Å²) in [6.45, 7) is 0. The minimum absolute atomic E-state index is 0.241. The zero-order chi connectivity index (χ0) is 13.9. The fourth-order valence-corrected chi connectivity index (χ4v) is 2.76. The van der Waals surface area contributed by atoms with Crippen LogP contribution in [-0.4, -0.2) is 18.6 Å². The van der Waals surface area contributed by atoms with Crippen LogP contribution in [0.25, 0.3) is 0 Å². The van der Waals surface area contributed by atoms with Gasteiger partial charge in [0.25, 0.3) is 5.91 Å². The van der Waals surface area contributed by atoms with E-state index in [0.29, 0.717) is 15.8 Å². The van der Waals surface area contributed by atoms with Crippen molar-refractivity contribution in [2.75, 3.05) is 7.11 Å². The monoisotopic (exact) mass is 322 g/mol. The van der Waals surface area contributed by atoms with Crippen molar-refractivity contribution in [2.24, 2.45) is 0 Å². The third kappa shape index (κ3) is 2.90. The van der Waals surface area contributed by atoms with Crippen LogP contribution in [-0.2, 0) is 0 Å². The Balaban J connectivity index is 2.22. The number of carbonyl (C=O) groups excluding carboxylic acids is 1. The maximum absolute atomic E-state index is 12.3. The van der Waals surface area contributed by atoms with E-state index in [-0.39, 0.29) is 5.91 Å². The first-order valence-electron chi connectivity index (χ1n) is 6.17. The highest BCUT2D eigenvalue weighted by atomic mass is 79.9. The predicted octanol–water partition coefficient (Wildman–Crippen LogP) is 3.02. The van der Waals surface area contributed by atoms with Crippen LogP contribution in [0.3, 0.4) is 0 Å². The molecule has 1 N–H and O–H groups in total. The number of amides is 1. The normalized spacial score (nSPS) is 16.7. The van der Waals surface area contributed by atoms with Crippen molar-refractivity contribution < 1.29 is 9.53 Å². The van der Waals surface area contributed by atoms with Crippen LogP contribution in [0, 0.1) is 11.3 Å². The first-order valence-corrected chi connectivity index (χ1v) is 6.97. The fraction of sp³-hybridized carbons (Fsp3) is 0.429. The van der Waals surface area contributed by atoms with Crippen LogP contribution in [0.5, 0.6) is 5.75 Å². The second kappa shape index (κ2) is 5.62. The molecule has 100 valence electrons. The Morgan fingerprint density at radius 1 is 1.47 bits per heavy atom. The van der Waals surface area contributed by atoms with Gasteiger partial charge in [-0.15, -0.1) is 0 Å². The number of ether oxygens (including phenoxy) is 1. The van der Waals surface area contributed by atoms with Crippen LogP contribution in [0.1, 0.15) is 36.0 Å². The SMILES string of the molecule is COc1ccc(Br)c(C(=O)NC2(C#N)CCCC2)c1. The van der Waals surface area contributed by atoms with Crippen LogP contribution >= 0.6 is 15.9 Å². The predicted molar refractivity (Wildman–Crippen MR) is 75.0 cm³/mol. The molecule has 1 aliphatic carbocycles. The lowest BCUT2D eigenvalue weighted by Crippen LogP contribution is -2.45. The molecular formula is C14H15BrN2O2. The number of nitriles is 1. The molecular weight excluding hydrogens is 308 g/mol. The van der Waals surface area contributed by atoms with E-state index >= 15 is 0 Å². The van der Waals surface area contributed by atoms with Crippen LogP contribution in [0.15, 0.2) is 22.7 Å². The molecule has 4 nitrogen and oxygen atoms in total. The second-order valence-corrected chi connectivity index (χ2v) is 5.56. The highest BCUT2D eigenvalue weighted by molar-refractivity contribution is 9.10. The molecule has 0 radical (unpaired) electrons. The van der Waals surface area contributed by atoms with Gasteiger partial charge in [0.15, 0.2) is 0 Å². The Labute approximate surface area is 120 Å².